The Balaban J connectivity index is 3.27. The summed E-state index contributed by atoms with van der Waals surface area (Å²) in [6, 6.07) is 2.09. The molecule has 7 heteroatoms. The zero-order chi connectivity index (χ0) is 11.6. The zero-order valence-corrected chi connectivity index (χ0v) is 8.52. The van der Waals surface area contributed by atoms with Crippen LogP contribution >= 0.6 is 23.2 Å². The van der Waals surface area contributed by atoms with E-state index in [-0.39, 0.29) is 10.0 Å². The molecule has 0 radical (unpaired) electrons. The maximum Gasteiger partial charge on any atom is 0.387 e. The minimum Gasteiger partial charge on any atom is -0.478 e. The van der Waals surface area contributed by atoms with E-state index < -0.39 is 23.9 Å². The molecule has 1 N–H and O–H groups in total. The fourth-order valence-corrected chi connectivity index (χ4v) is 1.50. The van der Waals surface area contributed by atoms with E-state index in [0.717, 1.165) is 12.1 Å². The van der Waals surface area contributed by atoms with Gasteiger partial charge >= 0.3 is 12.6 Å². The van der Waals surface area contributed by atoms with Crippen LogP contribution < -0.4 is 4.74 Å². The molecule has 0 saturated carbocycles. The van der Waals surface area contributed by atoms with E-state index in [2.05, 4.69) is 4.74 Å². The average molecular weight is 257 g/mol. The minimum atomic E-state index is -3.14. The highest BCUT2D eigenvalue weighted by Gasteiger charge is 2.19. The Morgan fingerprint density at radius 2 is 2.00 bits per heavy atom. The average Bonchev–Trinajstić information content (AvgIpc) is 1.99. The van der Waals surface area contributed by atoms with Gasteiger partial charge in [-0.3, -0.25) is 0 Å². The first kappa shape index (κ1) is 12.0. The Labute approximate surface area is 93.2 Å². The number of rotatable bonds is 3. The topological polar surface area (TPSA) is 46.5 Å². The standard InChI is InChI=1S/C8H4Cl2F2O3/c9-3-1-4(10)6(7(13)14)5(2-3)15-8(11)12/h1-2,8H,(H,13,14). The van der Waals surface area contributed by atoms with Gasteiger partial charge in [-0.15, -0.1) is 0 Å². The predicted octanol–water partition coefficient (Wildman–Crippen LogP) is 3.29. The Bertz CT molecular complexity index is 396. The van der Waals surface area contributed by atoms with Crippen molar-refractivity contribution in [3.63, 3.8) is 0 Å². The molecular weight excluding hydrogens is 253 g/mol. The van der Waals surface area contributed by atoms with Gasteiger partial charge in [0.05, 0.1) is 5.02 Å². The summed E-state index contributed by atoms with van der Waals surface area (Å²) in [5, 5.41) is 8.45. The molecule has 0 amide bonds. The molecular formula is C8H4Cl2F2O3. The van der Waals surface area contributed by atoms with E-state index in [0.29, 0.717) is 0 Å². The first-order valence-corrected chi connectivity index (χ1v) is 4.34. The van der Waals surface area contributed by atoms with E-state index in [1.165, 1.54) is 0 Å². The molecule has 0 heterocycles. The molecule has 0 aliphatic carbocycles. The molecule has 0 fully saturated rings. The summed E-state index contributed by atoms with van der Waals surface area (Å²) in [4.78, 5) is 10.7. The monoisotopic (exact) mass is 256 g/mol. The molecule has 82 valence electrons. The number of carboxylic acids is 1. The minimum absolute atomic E-state index is 0.0145. The third kappa shape index (κ3) is 2.94. The Hall–Kier alpha value is -1.07. The largest absolute Gasteiger partial charge is 0.478 e. The van der Waals surface area contributed by atoms with E-state index in [1.54, 1.807) is 0 Å². The molecule has 0 saturated heterocycles. The van der Waals surface area contributed by atoms with Crippen molar-refractivity contribution in [3.8, 4) is 5.75 Å². The van der Waals surface area contributed by atoms with Gasteiger partial charge in [0.2, 0.25) is 0 Å². The quantitative estimate of drug-likeness (QED) is 0.903. The second-order valence-electron chi connectivity index (χ2n) is 2.44. The number of hydrogen-bond donors (Lipinski definition) is 1. The van der Waals surface area contributed by atoms with E-state index >= 15 is 0 Å². The summed E-state index contributed by atoms with van der Waals surface area (Å²) < 4.78 is 27.8. The van der Waals surface area contributed by atoms with Gasteiger partial charge in [0.1, 0.15) is 11.3 Å². The Morgan fingerprint density at radius 1 is 1.40 bits per heavy atom. The van der Waals surface area contributed by atoms with Gasteiger partial charge in [-0.2, -0.15) is 8.78 Å². The molecule has 0 aromatic heterocycles. The lowest BCUT2D eigenvalue weighted by atomic mass is 10.2. The molecule has 0 aliphatic rings. The van der Waals surface area contributed by atoms with E-state index in [4.69, 9.17) is 28.3 Å². The van der Waals surface area contributed by atoms with Crippen LogP contribution in [-0.2, 0) is 0 Å². The number of carbonyl (C=O) groups is 1. The van der Waals surface area contributed by atoms with E-state index in [9.17, 15) is 13.6 Å². The van der Waals surface area contributed by atoms with Gasteiger partial charge in [0, 0.05) is 11.1 Å². The van der Waals surface area contributed by atoms with Gasteiger partial charge in [0.15, 0.2) is 0 Å². The van der Waals surface area contributed by atoms with Crippen molar-refractivity contribution in [1.29, 1.82) is 0 Å². The molecule has 0 bridgehead atoms. The van der Waals surface area contributed by atoms with Gasteiger partial charge in [0.25, 0.3) is 0 Å². The second-order valence-corrected chi connectivity index (χ2v) is 3.29. The summed E-state index contributed by atoms with van der Waals surface area (Å²) in [5.74, 6) is -2.03. The number of hydrogen-bond acceptors (Lipinski definition) is 2. The first-order chi connectivity index (χ1) is 6.91. The Kier molecular flexibility index (Phi) is 3.71. The maximum absolute atomic E-state index is 11.9. The van der Waals surface area contributed by atoms with Crippen molar-refractivity contribution in [2.75, 3.05) is 0 Å². The summed E-state index contributed by atoms with van der Waals surface area (Å²) in [5.41, 5.74) is -0.540. The van der Waals surface area contributed by atoms with Crippen LogP contribution in [0.25, 0.3) is 0 Å². The highest BCUT2D eigenvalue weighted by Crippen LogP contribution is 2.31. The van der Waals surface area contributed by atoms with Crippen LogP contribution in [0.3, 0.4) is 0 Å². The van der Waals surface area contributed by atoms with Crippen LogP contribution in [0.5, 0.6) is 5.75 Å². The van der Waals surface area contributed by atoms with Gasteiger partial charge in [-0.1, -0.05) is 23.2 Å². The molecule has 0 spiro atoms. The predicted molar refractivity (Wildman–Crippen MR) is 50.1 cm³/mol. The number of ether oxygens (including phenoxy) is 1. The molecule has 1 rings (SSSR count). The first-order valence-electron chi connectivity index (χ1n) is 3.59. The van der Waals surface area contributed by atoms with Crippen molar-refractivity contribution in [2.24, 2.45) is 0 Å². The van der Waals surface area contributed by atoms with Crippen molar-refractivity contribution < 1.29 is 23.4 Å². The van der Waals surface area contributed by atoms with Crippen molar-refractivity contribution in [2.45, 2.75) is 6.61 Å². The van der Waals surface area contributed by atoms with Crippen LogP contribution in [0.15, 0.2) is 12.1 Å². The number of alkyl halides is 2. The summed E-state index contributed by atoms with van der Waals surface area (Å²) >= 11 is 11.0. The number of carboxylic acid groups (broad SMARTS) is 1. The van der Waals surface area contributed by atoms with Crippen LogP contribution in [-0.4, -0.2) is 17.7 Å². The van der Waals surface area contributed by atoms with Gasteiger partial charge in [-0.25, -0.2) is 4.79 Å². The number of aromatic carboxylic acids is 1. The zero-order valence-electron chi connectivity index (χ0n) is 7.01. The smallest absolute Gasteiger partial charge is 0.387 e. The van der Waals surface area contributed by atoms with Crippen LogP contribution in [0, 0.1) is 0 Å². The fourth-order valence-electron chi connectivity index (χ4n) is 0.946. The maximum atomic E-state index is 11.9. The van der Waals surface area contributed by atoms with Crippen molar-refractivity contribution in [1.82, 2.24) is 0 Å². The normalized spacial score (nSPS) is 10.5. The molecule has 1 aromatic rings. The number of benzene rings is 1. The van der Waals surface area contributed by atoms with Crippen LogP contribution in [0.1, 0.15) is 10.4 Å². The van der Waals surface area contributed by atoms with Crippen molar-refractivity contribution >= 4 is 29.2 Å². The lowest BCUT2D eigenvalue weighted by molar-refractivity contribution is -0.0503. The lowest BCUT2D eigenvalue weighted by Crippen LogP contribution is -2.08. The molecule has 0 unspecified atom stereocenters. The number of halogens is 4. The molecule has 3 nitrogen and oxygen atoms in total. The second kappa shape index (κ2) is 4.63. The third-order valence-electron chi connectivity index (χ3n) is 1.45. The lowest BCUT2D eigenvalue weighted by Gasteiger charge is -2.09. The molecule has 15 heavy (non-hydrogen) atoms. The third-order valence-corrected chi connectivity index (χ3v) is 1.97. The Morgan fingerprint density at radius 3 is 2.47 bits per heavy atom. The van der Waals surface area contributed by atoms with Crippen LogP contribution in [0.4, 0.5) is 8.78 Å². The van der Waals surface area contributed by atoms with Gasteiger partial charge < -0.3 is 9.84 Å². The highest BCUT2D eigenvalue weighted by atomic mass is 35.5. The summed E-state index contributed by atoms with van der Waals surface area (Å²) in [6.07, 6.45) is 0. The van der Waals surface area contributed by atoms with E-state index in [1.807, 2.05) is 0 Å². The molecule has 1 aromatic carbocycles. The van der Waals surface area contributed by atoms with Crippen molar-refractivity contribution in [3.05, 3.63) is 27.7 Å². The summed E-state index contributed by atoms with van der Waals surface area (Å²) in [6.45, 7) is -3.14. The molecule has 0 atom stereocenters. The van der Waals surface area contributed by atoms with Crippen LogP contribution in [0.2, 0.25) is 10.0 Å². The summed E-state index contributed by atoms with van der Waals surface area (Å²) in [7, 11) is 0. The van der Waals surface area contributed by atoms with Gasteiger partial charge in [-0.05, 0) is 6.07 Å². The SMILES string of the molecule is O=C(O)c1c(Cl)cc(Cl)cc1OC(F)F. The highest BCUT2D eigenvalue weighted by molar-refractivity contribution is 6.37. The molecule has 0 aliphatic heterocycles. The fraction of sp³-hybridized carbons (Fsp3) is 0.125.